The zero-order valence-electron chi connectivity index (χ0n) is 22.7. The third-order valence-electron chi connectivity index (χ3n) is 7.13. The smallest absolute Gasteiger partial charge is 0.0322 e. The van der Waals surface area contributed by atoms with Crippen molar-refractivity contribution >= 4 is 17.2 Å². The summed E-state index contributed by atoms with van der Waals surface area (Å²) in [5.74, 6) is 0.981. The van der Waals surface area contributed by atoms with Crippen molar-refractivity contribution in [2.24, 2.45) is 5.92 Å². The van der Waals surface area contributed by atoms with Gasteiger partial charge in [-0.15, -0.1) is 0 Å². The zero-order valence-corrected chi connectivity index (χ0v) is 22.7. The molecule has 2 aromatic carbocycles. The van der Waals surface area contributed by atoms with Crippen molar-refractivity contribution in [3.63, 3.8) is 0 Å². The number of likely N-dealkylation sites (tertiary alicyclic amines) is 1. The second kappa shape index (κ2) is 13.3. The Kier molecular flexibility index (Phi) is 10.2. The first-order chi connectivity index (χ1) is 16.9. The van der Waals surface area contributed by atoms with E-state index in [1.807, 2.05) is 0 Å². The summed E-state index contributed by atoms with van der Waals surface area (Å²) in [7, 11) is 0. The van der Waals surface area contributed by atoms with Gasteiger partial charge < -0.3 is 4.90 Å². The van der Waals surface area contributed by atoms with E-state index < -0.39 is 0 Å². The lowest BCUT2D eigenvalue weighted by Gasteiger charge is -2.34. The third kappa shape index (κ3) is 7.59. The maximum absolute atomic E-state index is 4.05. The van der Waals surface area contributed by atoms with Crippen LogP contribution in [0, 0.1) is 12.8 Å². The largest absolute Gasteiger partial charge is 0.372 e. The Balaban J connectivity index is 0.000000199. The molecule has 0 atom stereocenters. The average Bonchev–Trinajstić information content (AvgIpc) is 3.29. The molecule has 0 bridgehead atoms. The fourth-order valence-corrected chi connectivity index (χ4v) is 5.25. The van der Waals surface area contributed by atoms with Crippen molar-refractivity contribution < 1.29 is 0 Å². The van der Waals surface area contributed by atoms with Crippen LogP contribution in [0.1, 0.15) is 87.6 Å². The SMILES string of the molecule is C/C=C\C(=C/CC)N1CCC(CCC)CC1.C=C(C)c1cc(C)cc(C2=Cc3ccccc3C2)c1. The van der Waals surface area contributed by atoms with E-state index in [0.717, 1.165) is 24.3 Å². The highest BCUT2D eigenvalue weighted by molar-refractivity contribution is 5.89. The normalized spacial score (nSPS) is 16.1. The van der Waals surface area contributed by atoms with E-state index in [0.29, 0.717) is 0 Å². The molecule has 0 amide bonds. The third-order valence-corrected chi connectivity index (χ3v) is 7.13. The maximum atomic E-state index is 4.05. The Morgan fingerprint density at radius 2 is 1.83 bits per heavy atom. The minimum absolute atomic E-state index is 0.981. The Labute approximate surface area is 215 Å². The van der Waals surface area contributed by atoms with E-state index in [4.69, 9.17) is 0 Å². The van der Waals surface area contributed by atoms with Gasteiger partial charge in [-0.2, -0.15) is 0 Å². The molecule has 0 N–H and O–H groups in total. The summed E-state index contributed by atoms with van der Waals surface area (Å²) in [5.41, 5.74) is 10.6. The highest BCUT2D eigenvalue weighted by atomic mass is 15.1. The van der Waals surface area contributed by atoms with Crippen LogP contribution < -0.4 is 0 Å². The number of allylic oxidation sites excluding steroid dienone is 5. The Bertz CT molecular complexity index is 1070. The highest BCUT2D eigenvalue weighted by Crippen LogP contribution is 2.33. The number of aryl methyl sites for hydroxylation is 1. The molecule has 0 spiro atoms. The summed E-state index contributed by atoms with van der Waals surface area (Å²) in [5, 5.41) is 0. The fraction of sp³-hybridized carbons (Fsp3) is 0.412. The molecular weight excluding hydrogens is 422 g/mol. The molecule has 0 unspecified atom stereocenters. The number of hydrogen-bond acceptors (Lipinski definition) is 1. The molecule has 1 nitrogen and oxygen atoms in total. The van der Waals surface area contributed by atoms with Crippen molar-refractivity contribution in [3.05, 3.63) is 101 Å². The van der Waals surface area contributed by atoms with Crippen LogP contribution in [-0.2, 0) is 6.42 Å². The van der Waals surface area contributed by atoms with Crippen LogP contribution in [0.15, 0.2) is 73.0 Å². The van der Waals surface area contributed by atoms with E-state index in [1.54, 1.807) is 0 Å². The van der Waals surface area contributed by atoms with Crippen LogP contribution >= 0.6 is 0 Å². The highest BCUT2D eigenvalue weighted by Gasteiger charge is 2.18. The number of benzene rings is 2. The molecule has 1 aliphatic heterocycles. The van der Waals surface area contributed by atoms with Gasteiger partial charge in [0.05, 0.1) is 0 Å². The van der Waals surface area contributed by atoms with E-state index in [-0.39, 0.29) is 0 Å². The first-order valence-electron chi connectivity index (χ1n) is 13.6. The number of fused-ring (bicyclic) bond motifs is 1. The summed E-state index contributed by atoms with van der Waals surface area (Å²) in [6.45, 7) is 17.4. The Morgan fingerprint density at radius 3 is 2.46 bits per heavy atom. The summed E-state index contributed by atoms with van der Waals surface area (Å²) in [6, 6.07) is 15.4. The van der Waals surface area contributed by atoms with E-state index >= 15 is 0 Å². The van der Waals surface area contributed by atoms with Gasteiger partial charge in [0.2, 0.25) is 0 Å². The van der Waals surface area contributed by atoms with Crippen LogP contribution in [0.4, 0.5) is 0 Å². The summed E-state index contributed by atoms with van der Waals surface area (Å²) >= 11 is 0. The monoisotopic (exact) mass is 467 g/mol. The molecule has 0 aromatic heterocycles. The molecule has 1 heterocycles. The molecule has 1 saturated heterocycles. The number of nitrogens with zero attached hydrogens (tertiary/aromatic N) is 1. The molecule has 0 saturated carbocycles. The quantitative estimate of drug-likeness (QED) is 0.366. The molecule has 0 radical (unpaired) electrons. The number of rotatable bonds is 7. The molecule has 2 aromatic rings. The summed E-state index contributed by atoms with van der Waals surface area (Å²) in [4.78, 5) is 2.55. The van der Waals surface area contributed by atoms with Crippen molar-refractivity contribution in [1.82, 2.24) is 4.90 Å². The van der Waals surface area contributed by atoms with Gasteiger partial charge in [0.25, 0.3) is 0 Å². The summed E-state index contributed by atoms with van der Waals surface area (Å²) in [6.07, 6.45) is 16.8. The molecule has 4 rings (SSSR count). The van der Waals surface area contributed by atoms with Crippen LogP contribution in [0.3, 0.4) is 0 Å². The van der Waals surface area contributed by atoms with Crippen molar-refractivity contribution in [1.29, 1.82) is 0 Å². The van der Waals surface area contributed by atoms with Crippen molar-refractivity contribution in [3.8, 4) is 0 Å². The fourth-order valence-electron chi connectivity index (χ4n) is 5.25. The van der Waals surface area contributed by atoms with Gasteiger partial charge >= 0.3 is 0 Å². The van der Waals surface area contributed by atoms with Crippen LogP contribution in [0.25, 0.3) is 17.2 Å². The van der Waals surface area contributed by atoms with Crippen LogP contribution in [-0.4, -0.2) is 18.0 Å². The lowest BCUT2D eigenvalue weighted by Crippen LogP contribution is -2.32. The predicted octanol–water partition coefficient (Wildman–Crippen LogP) is 9.49. The van der Waals surface area contributed by atoms with Gasteiger partial charge in [0.15, 0.2) is 0 Å². The zero-order chi connectivity index (χ0) is 25.2. The summed E-state index contributed by atoms with van der Waals surface area (Å²) < 4.78 is 0. The van der Waals surface area contributed by atoms with Gasteiger partial charge in [-0.1, -0.05) is 93.5 Å². The van der Waals surface area contributed by atoms with Gasteiger partial charge in [-0.25, -0.2) is 0 Å². The van der Waals surface area contributed by atoms with Gasteiger partial charge in [0, 0.05) is 18.8 Å². The average molecular weight is 468 g/mol. The lowest BCUT2D eigenvalue weighted by atomic mass is 9.92. The number of piperidine rings is 1. The first kappa shape index (κ1) is 26.8. The van der Waals surface area contributed by atoms with E-state index in [1.165, 1.54) is 77.9 Å². The minimum atomic E-state index is 0.981. The Morgan fingerprint density at radius 1 is 1.09 bits per heavy atom. The second-order valence-corrected chi connectivity index (χ2v) is 10.2. The van der Waals surface area contributed by atoms with Gasteiger partial charge in [0.1, 0.15) is 0 Å². The Hall–Kier alpha value is -2.80. The molecule has 35 heavy (non-hydrogen) atoms. The predicted molar refractivity (Wildman–Crippen MR) is 156 cm³/mol. The molecule has 1 fully saturated rings. The first-order valence-corrected chi connectivity index (χ1v) is 13.6. The van der Waals surface area contributed by atoms with Gasteiger partial charge in [-0.3, -0.25) is 0 Å². The topological polar surface area (TPSA) is 3.24 Å². The van der Waals surface area contributed by atoms with Crippen LogP contribution in [0.5, 0.6) is 0 Å². The lowest BCUT2D eigenvalue weighted by molar-refractivity contribution is 0.222. The molecule has 1 aliphatic carbocycles. The standard InChI is InChI=1S/C19H18.C15H27N/c1-13(2)17-8-14(3)9-18(12-17)19-10-15-6-4-5-7-16(15)11-19;1-4-7-14-10-12-16(13-11-14)15(8-5-2)9-6-3/h4-10,12H,1,11H2,2-3H3;5,8-9,14H,4,6-7,10-13H2,1-3H3/b;8-5-,15-9+. The minimum Gasteiger partial charge on any atom is -0.372 e. The van der Waals surface area contributed by atoms with Crippen molar-refractivity contribution in [2.45, 2.75) is 73.1 Å². The molecule has 1 heteroatoms. The van der Waals surface area contributed by atoms with Crippen molar-refractivity contribution in [2.75, 3.05) is 13.1 Å². The maximum Gasteiger partial charge on any atom is 0.0322 e. The molecule has 186 valence electrons. The molecule has 2 aliphatic rings. The van der Waals surface area contributed by atoms with Gasteiger partial charge in [-0.05, 0) is 97.9 Å². The molecular formula is C34H45N. The van der Waals surface area contributed by atoms with E-state index in [2.05, 4.69) is 113 Å². The second-order valence-electron chi connectivity index (χ2n) is 10.2. The van der Waals surface area contributed by atoms with E-state index in [9.17, 15) is 0 Å². The van der Waals surface area contributed by atoms with Crippen LogP contribution in [0.2, 0.25) is 0 Å². The number of hydrogen-bond donors (Lipinski definition) is 0.